The van der Waals surface area contributed by atoms with Crippen molar-refractivity contribution in [2.45, 2.75) is 32.0 Å². The van der Waals surface area contributed by atoms with Gasteiger partial charge in [0.15, 0.2) is 11.5 Å². The van der Waals surface area contributed by atoms with E-state index in [1.165, 1.54) is 0 Å². The number of para-hydroxylation sites is 4. The van der Waals surface area contributed by atoms with Crippen molar-refractivity contribution >= 4 is 16.9 Å². The molecule has 0 bridgehead atoms. The summed E-state index contributed by atoms with van der Waals surface area (Å²) in [6, 6.07) is 15.5. The topological polar surface area (TPSA) is 74.6 Å². The van der Waals surface area contributed by atoms with E-state index in [4.69, 9.17) is 19.2 Å². The number of aromatic nitrogens is 2. The van der Waals surface area contributed by atoms with Crippen molar-refractivity contribution in [3.8, 4) is 11.5 Å². The molecule has 0 saturated carbocycles. The van der Waals surface area contributed by atoms with Gasteiger partial charge < -0.3 is 24.1 Å². The quantitative estimate of drug-likeness (QED) is 0.635. The van der Waals surface area contributed by atoms with Gasteiger partial charge in [-0.3, -0.25) is 4.79 Å². The molecule has 3 aromatic rings. The number of rotatable bonds is 8. The Morgan fingerprint density at radius 3 is 2.79 bits per heavy atom. The molecule has 1 atom stereocenters. The van der Waals surface area contributed by atoms with Gasteiger partial charge in [-0.05, 0) is 37.1 Å². The number of nitrogens with zero attached hydrogens (tertiary/aromatic N) is 2. The fourth-order valence-electron chi connectivity index (χ4n) is 3.56. The maximum absolute atomic E-state index is 12.3. The van der Waals surface area contributed by atoms with Gasteiger partial charge in [0, 0.05) is 6.61 Å². The van der Waals surface area contributed by atoms with Crippen molar-refractivity contribution in [3.63, 3.8) is 0 Å². The first kappa shape index (κ1) is 19.3. The van der Waals surface area contributed by atoms with E-state index in [9.17, 15) is 4.79 Å². The van der Waals surface area contributed by atoms with Gasteiger partial charge >= 0.3 is 0 Å². The van der Waals surface area contributed by atoms with E-state index in [0.29, 0.717) is 37.8 Å². The predicted octanol–water partition coefficient (Wildman–Crippen LogP) is 2.92. The third kappa shape index (κ3) is 4.35. The molecule has 0 spiro atoms. The Labute approximate surface area is 169 Å². The molecule has 152 valence electrons. The van der Waals surface area contributed by atoms with Crippen LogP contribution in [0.1, 0.15) is 18.7 Å². The highest BCUT2D eigenvalue weighted by atomic mass is 16.5. The molecule has 7 nitrogen and oxygen atoms in total. The SMILES string of the molecule is COc1ccccc1OCCn1c(CNC(=O)C2CCCO2)nc2ccccc21. The number of imidazole rings is 1. The average Bonchev–Trinajstić information content (AvgIpc) is 3.41. The molecule has 4 rings (SSSR count). The molecule has 2 heterocycles. The molecule has 1 saturated heterocycles. The highest BCUT2D eigenvalue weighted by Crippen LogP contribution is 2.26. The number of carbonyl (C=O) groups excluding carboxylic acids is 1. The van der Waals surface area contributed by atoms with Gasteiger partial charge in [0.2, 0.25) is 5.91 Å². The molecule has 1 fully saturated rings. The van der Waals surface area contributed by atoms with Gasteiger partial charge in [-0.25, -0.2) is 4.98 Å². The largest absolute Gasteiger partial charge is 0.493 e. The molecule has 0 radical (unpaired) electrons. The molecule has 2 aromatic carbocycles. The lowest BCUT2D eigenvalue weighted by molar-refractivity contribution is -0.130. The number of methoxy groups -OCH3 is 1. The zero-order chi connectivity index (χ0) is 20.1. The molecule has 0 aliphatic carbocycles. The van der Waals surface area contributed by atoms with Crippen molar-refractivity contribution in [2.24, 2.45) is 0 Å². The molecule has 1 aliphatic rings. The van der Waals surface area contributed by atoms with E-state index in [2.05, 4.69) is 9.88 Å². The Hall–Kier alpha value is -3.06. The Kier molecular flexibility index (Phi) is 5.95. The van der Waals surface area contributed by atoms with Crippen LogP contribution in [-0.4, -0.2) is 41.9 Å². The highest BCUT2D eigenvalue weighted by Gasteiger charge is 2.23. The van der Waals surface area contributed by atoms with E-state index in [0.717, 1.165) is 29.7 Å². The zero-order valence-electron chi connectivity index (χ0n) is 16.5. The summed E-state index contributed by atoms with van der Waals surface area (Å²) in [6.07, 6.45) is 1.35. The summed E-state index contributed by atoms with van der Waals surface area (Å²) < 4.78 is 18.8. The number of carbonyl (C=O) groups is 1. The lowest BCUT2D eigenvalue weighted by atomic mass is 10.2. The standard InChI is InChI=1S/C22H25N3O4/c1-27-18-9-4-5-10-19(18)29-14-12-25-17-8-3-2-7-16(17)24-21(25)15-23-22(26)20-11-6-13-28-20/h2-5,7-10,20H,6,11-15H2,1H3,(H,23,26). The number of benzene rings is 2. The van der Waals surface area contributed by atoms with Gasteiger partial charge in [-0.15, -0.1) is 0 Å². The molecule has 1 amide bonds. The summed E-state index contributed by atoms with van der Waals surface area (Å²) in [5.74, 6) is 2.12. The van der Waals surface area contributed by atoms with Crippen molar-refractivity contribution in [1.82, 2.24) is 14.9 Å². The summed E-state index contributed by atoms with van der Waals surface area (Å²) in [7, 11) is 1.63. The Morgan fingerprint density at radius 1 is 1.21 bits per heavy atom. The zero-order valence-corrected chi connectivity index (χ0v) is 16.5. The van der Waals surface area contributed by atoms with Crippen LogP contribution in [0.2, 0.25) is 0 Å². The van der Waals surface area contributed by atoms with Crippen LogP contribution in [-0.2, 0) is 22.6 Å². The average molecular weight is 395 g/mol. The van der Waals surface area contributed by atoms with Gasteiger partial charge in [0.05, 0.1) is 31.2 Å². The van der Waals surface area contributed by atoms with E-state index in [1.807, 2.05) is 48.5 Å². The number of fused-ring (bicyclic) bond motifs is 1. The lowest BCUT2D eigenvalue weighted by Crippen LogP contribution is -2.34. The van der Waals surface area contributed by atoms with E-state index in [-0.39, 0.29) is 12.0 Å². The fourth-order valence-corrected chi connectivity index (χ4v) is 3.56. The smallest absolute Gasteiger partial charge is 0.249 e. The molecule has 1 N–H and O–H groups in total. The number of nitrogens with one attached hydrogen (secondary N) is 1. The number of ether oxygens (including phenoxy) is 3. The second-order valence-corrected chi connectivity index (χ2v) is 6.89. The molecule has 29 heavy (non-hydrogen) atoms. The first-order valence-electron chi connectivity index (χ1n) is 9.85. The second kappa shape index (κ2) is 8.96. The van der Waals surface area contributed by atoms with Crippen LogP contribution < -0.4 is 14.8 Å². The second-order valence-electron chi connectivity index (χ2n) is 6.89. The number of amides is 1. The summed E-state index contributed by atoms with van der Waals surface area (Å²) in [5, 5.41) is 2.96. The summed E-state index contributed by atoms with van der Waals surface area (Å²) >= 11 is 0. The van der Waals surface area contributed by atoms with Crippen LogP contribution in [0.25, 0.3) is 11.0 Å². The van der Waals surface area contributed by atoms with Gasteiger partial charge in [0.25, 0.3) is 0 Å². The molecular formula is C22H25N3O4. The maximum Gasteiger partial charge on any atom is 0.249 e. The van der Waals surface area contributed by atoms with Crippen LogP contribution in [0, 0.1) is 0 Å². The summed E-state index contributed by atoms with van der Waals surface area (Å²) in [6.45, 7) is 2.05. The fraction of sp³-hybridized carbons (Fsp3) is 0.364. The minimum atomic E-state index is -0.346. The first-order chi connectivity index (χ1) is 14.3. The maximum atomic E-state index is 12.3. The normalized spacial score (nSPS) is 16.1. The third-order valence-electron chi connectivity index (χ3n) is 5.02. The van der Waals surface area contributed by atoms with Crippen LogP contribution >= 0.6 is 0 Å². The van der Waals surface area contributed by atoms with Crippen molar-refractivity contribution in [2.75, 3.05) is 20.3 Å². The highest BCUT2D eigenvalue weighted by molar-refractivity contribution is 5.81. The van der Waals surface area contributed by atoms with Crippen molar-refractivity contribution < 1.29 is 19.0 Å². The van der Waals surface area contributed by atoms with Crippen molar-refractivity contribution in [3.05, 3.63) is 54.4 Å². The Balaban J connectivity index is 1.46. The van der Waals surface area contributed by atoms with Crippen LogP contribution in [0.3, 0.4) is 0 Å². The van der Waals surface area contributed by atoms with E-state index >= 15 is 0 Å². The van der Waals surface area contributed by atoms with Crippen LogP contribution in [0.15, 0.2) is 48.5 Å². The molecule has 1 aliphatic heterocycles. The minimum Gasteiger partial charge on any atom is -0.493 e. The Bertz CT molecular complexity index is 979. The summed E-state index contributed by atoms with van der Waals surface area (Å²) in [4.78, 5) is 17.0. The first-order valence-corrected chi connectivity index (χ1v) is 9.85. The molecule has 1 aromatic heterocycles. The minimum absolute atomic E-state index is 0.0774. The van der Waals surface area contributed by atoms with Gasteiger partial charge in [-0.2, -0.15) is 0 Å². The number of hydrogen-bond donors (Lipinski definition) is 1. The summed E-state index contributed by atoms with van der Waals surface area (Å²) in [5.41, 5.74) is 1.91. The van der Waals surface area contributed by atoms with Gasteiger partial charge in [0.1, 0.15) is 18.5 Å². The van der Waals surface area contributed by atoms with E-state index in [1.54, 1.807) is 7.11 Å². The van der Waals surface area contributed by atoms with E-state index < -0.39 is 0 Å². The lowest BCUT2D eigenvalue weighted by Gasteiger charge is -2.14. The Morgan fingerprint density at radius 2 is 2.00 bits per heavy atom. The third-order valence-corrected chi connectivity index (χ3v) is 5.02. The molecule has 7 heteroatoms. The molecule has 1 unspecified atom stereocenters. The molecular weight excluding hydrogens is 370 g/mol. The monoisotopic (exact) mass is 395 g/mol. The predicted molar refractivity (Wildman–Crippen MR) is 109 cm³/mol. The van der Waals surface area contributed by atoms with Crippen molar-refractivity contribution in [1.29, 1.82) is 0 Å². The van der Waals surface area contributed by atoms with Gasteiger partial charge in [-0.1, -0.05) is 24.3 Å². The van der Waals surface area contributed by atoms with Crippen LogP contribution in [0.4, 0.5) is 0 Å². The number of hydrogen-bond acceptors (Lipinski definition) is 5. The van der Waals surface area contributed by atoms with Crippen LogP contribution in [0.5, 0.6) is 11.5 Å².